The van der Waals surface area contributed by atoms with E-state index >= 15 is 0 Å². The van der Waals surface area contributed by atoms with Gasteiger partial charge in [0.1, 0.15) is 11.8 Å². The third-order valence-electron chi connectivity index (χ3n) is 4.64. The van der Waals surface area contributed by atoms with Crippen molar-refractivity contribution in [3.8, 4) is 12.1 Å². The van der Waals surface area contributed by atoms with Crippen LogP contribution in [0.15, 0.2) is 0 Å². The first-order chi connectivity index (χ1) is 9.46. The zero-order chi connectivity index (χ0) is 14.9. The molecule has 0 aromatic carbocycles. The summed E-state index contributed by atoms with van der Waals surface area (Å²) in [7, 11) is 0. The van der Waals surface area contributed by atoms with Crippen LogP contribution in [0.3, 0.4) is 0 Å². The summed E-state index contributed by atoms with van der Waals surface area (Å²) in [4.78, 5) is 14.6. The summed E-state index contributed by atoms with van der Waals surface area (Å²) in [6, 6.07) is 4.75. The van der Waals surface area contributed by atoms with Crippen molar-refractivity contribution in [2.24, 2.45) is 17.3 Å². The Hall–Kier alpha value is -1.50. The van der Waals surface area contributed by atoms with Crippen molar-refractivity contribution >= 4 is 23.1 Å². The van der Waals surface area contributed by atoms with Crippen LogP contribution in [-0.4, -0.2) is 34.9 Å². The fourth-order valence-electron chi connectivity index (χ4n) is 3.36. The molecule has 2 unspecified atom stereocenters. The second kappa shape index (κ2) is 5.47. The Morgan fingerprint density at radius 3 is 2.30 bits per heavy atom. The first-order valence-corrected chi connectivity index (χ1v) is 7.25. The first kappa shape index (κ1) is 14.9. The smallest absolute Gasteiger partial charge is 0.242 e. The van der Waals surface area contributed by atoms with Crippen LogP contribution < -0.4 is 5.32 Å². The topological polar surface area (TPSA) is 79.9 Å². The minimum atomic E-state index is -0.784. The Labute approximate surface area is 124 Å². The van der Waals surface area contributed by atoms with Crippen molar-refractivity contribution in [3.05, 3.63) is 0 Å². The summed E-state index contributed by atoms with van der Waals surface area (Å²) in [6.07, 6.45) is 1.32. The van der Waals surface area contributed by atoms with Crippen LogP contribution in [0.1, 0.15) is 26.7 Å². The minimum Gasteiger partial charge on any atom is -0.318 e. The lowest BCUT2D eigenvalue weighted by Crippen LogP contribution is -2.60. The third-order valence-corrected chi connectivity index (χ3v) is 4.98. The highest BCUT2D eigenvalue weighted by molar-refractivity contribution is 7.80. The van der Waals surface area contributed by atoms with Crippen LogP contribution >= 0.6 is 12.2 Å². The molecule has 2 rings (SSSR count). The monoisotopic (exact) mass is 290 g/mol. The molecule has 2 heterocycles. The van der Waals surface area contributed by atoms with Gasteiger partial charge in [-0.15, -0.1) is 0 Å². The standard InChI is InChI=1S/C14H18N4OS/c1-9(2)18-5-3-14(4-6-18)10(7-15)12(19)17-13(20)11(14)8-16/h9-11H,3-6H2,1-2H3,(H,17,19,20). The molecule has 2 fully saturated rings. The molecule has 2 aliphatic heterocycles. The zero-order valence-corrected chi connectivity index (χ0v) is 12.5. The maximum Gasteiger partial charge on any atom is 0.242 e. The molecular weight excluding hydrogens is 272 g/mol. The van der Waals surface area contributed by atoms with E-state index in [0.717, 1.165) is 13.1 Å². The summed E-state index contributed by atoms with van der Waals surface area (Å²) < 4.78 is 0. The number of likely N-dealkylation sites (tertiary alicyclic amines) is 1. The molecule has 1 N–H and O–H groups in total. The minimum absolute atomic E-state index is 0.280. The predicted molar refractivity (Wildman–Crippen MR) is 77.3 cm³/mol. The number of amides is 1. The predicted octanol–water partition coefficient (Wildman–Crippen LogP) is 1.21. The fraction of sp³-hybridized carbons (Fsp3) is 0.714. The van der Waals surface area contributed by atoms with Crippen molar-refractivity contribution in [1.82, 2.24) is 10.2 Å². The lowest BCUT2D eigenvalue weighted by Gasteiger charge is -2.49. The van der Waals surface area contributed by atoms with Gasteiger partial charge in [0.2, 0.25) is 5.91 Å². The summed E-state index contributed by atoms with van der Waals surface area (Å²) >= 11 is 5.16. The van der Waals surface area contributed by atoms with E-state index in [1.807, 2.05) is 0 Å². The molecule has 2 saturated heterocycles. The van der Waals surface area contributed by atoms with Gasteiger partial charge in [-0.2, -0.15) is 10.5 Å². The van der Waals surface area contributed by atoms with Gasteiger partial charge in [-0.25, -0.2) is 0 Å². The lowest BCUT2D eigenvalue weighted by atomic mass is 9.59. The lowest BCUT2D eigenvalue weighted by molar-refractivity contribution is -0.129. The maximum absolute atomic E-state index is 12.0. The second-order valence-corrected chi connectivity index (χ2v) is 6.28. The number of nitrogens with zero attached hydrogens (tertiary/aromatic N) is 3. The number of hydrogen-bond donors (Lipinski definition) is 1. The van der Waals surface area contributed by atoms with E-state index in [4.69, 9.17) is 12.2 Å². The van der Waals surface area contributed by atoms with Gasteiger partial charge in [0, 0.05) is 11.5 Å². The SMILES string of the molecule is CC(C)N1CCC2(CC1)C(C#N)C(=O)NC(=S)C2C#N. The van der Waals surface area contributed by atoms with Crippen molar-refractivity contribution in [1.29, 1.82) is 10.5 Å². The highest BCUT2D eigenvalue weighted by Gasteiger charge is 2.55. The van der Waals surface area contributed by atoms with Gasteiger partial charge < -0.3 is 10.2 Å². The number of nitrogens with one attached hydrogen (secondary N) is 1. The largest absolute Gasteiger partial charge is 0.318 e. The molecule has 0 bridgehead atoms. The van der Waals surface area contributed by atoms with E-state index in [2.05, 4.69) is 36.2 Å². The summed E-state index contributed by atoms with van der Waals surface area (Å²) in [5.74, 6) is -1.68. The Balaban J connectivity index is 2.34. The number of piperidine rings is 2. The van der Waals surface area contributed by atoms with Gasteiger partial charge in [-0.1, -0.05) is 12.2 Å². The number of carbonyl (C=O) groups is 1. The molecule has 6 heteroatoms. The Kier molecular flexibility index (Phi) is 4.08. The summed E-state index contributed by atoms with van der Waals surface area (Å²) in [5.41, 5.74) is -0.617. The fourth-order valence-corrected chi connectivity index (χ4v) is 3.75. The van der Waals surface area contributed by atoms with Gasteiger partial charge in [-0.3, -0.25) is 4.79 Å². The molecule has 0 radical (unpaired) electrons. The second-order valence-electron chi connectivity index (χ2n) is 5.84. The van der Waals surface area contributed by atoms with Gasteiger partial charge in [0.15, 0.2) is 0 Å². The summed E-state index contributed by atoms with van der Waals surface area (Å²) in [6.45, 7) is 5.84. The van der Waals surface area contributed by atoms with Crippen LogP contribution in [0, 0.1) is 39.9 Å². The molecule has 106 valence electrons. The quantitative estimate of drug-likeness (QED) is 0.734. The van der Waals surface area contributed by atoms with Gasteiger partial charge in [0.25, 0.3) is 0 Å². The van der Waals surface area contributed by atoms with Crippen LogP contribution in [-0.2, 0) is 4.79 Å². The number of hydrogen-bond acceptors (Lipinski definition) is 5. The van der Waals surface area contributed by atoms with Crippen LogP contribution in [0.25, 0.3) is 0 Å². The van der Waals surface area contributed by atoms with Crippen molar-refractivity contribution < 1.29 is 4.79 Å². The maximum atomic E-state index is 12.0. The molecule has 0 aromatic rings. The molecule has 0 saturated carbocycles. The van der Waals surface area contributed by atoms with E-state index in [1.165, 1.54) is 0 Å². The van der Waals surface area contributed by atoms with E-state index < -0.39 is 17.3 Å². The third kappa shape index (κ3) is 2.19. The van der Waals surface area contributed by atoms with Crippen LogP contribution in [0.5, 0.6) is 0 Å². The zero-order valence-electron chi connectivity index (χ0n) is 11.7. The molecule has 1 amide bonds. The molecule has 2 atom stereocenters. The van der Waals surface area contributed by atoms with Gasteiger partial charge in [0.05, 0.1) is 17.1 Å². The highest BCUT2D eigenvalue weighted by atomic mass is 32.1. The summed E-state index contributed by atoms with van der Waals surface area (Å²) in [5, 5.41) is 21.3. The number of nitriles is 2. The highest BCUT2D eigenvalue weighted by Crippen LogP contribution is 2.48. The van der Waals surface area contributed by atoms with Crippen LogP contribution in [0.4, 0.5) is 0 Å². The van der Waals surface area contributed by atoms with Crippen LogP contribution in [0.2, 0.25) is 0 Å². The number of thiocarbonyl (C=S) groups is 1. The molecule has 0 aliphatic carbocycles. The molecule has 20 heavy (non-hydrogen) atoms. The van der Waals surface area contributed by atoms with Crippen molar-refractivity contribution in [3.63, 3.8) is 0 Å². The Bertz CT molecular complexity index is 474. The number of carbonyl (C=O) groups excluding carboxylic acids is 1. The first-order valence-electron chi connectivity index (χ1n) is 6.84. The Morgan fingerprint density at radius 1 is 1.30 bits per heavy atom. The molecule has 0 aromatic heterocycles. The van der Waals surface area contributed by atoms with Gasteiger partial charge >= 0.3 is 0 Å². The normalized spacial score (nSPS) is 29.9. The average molecular weight is 290 g/mol. The number of rotatable bonds is 1. The molecular formula is C14H18N4OS. The van der Waals surface area contributed by atoms with E-state index in [0.29, 0.717) is 18.9 Å². The van der Waals surface area contributed by atoms with E-state index in [-0.39, 0.29) is 10.9 Å². The average Bonchev–Trinajstić information content (AvgIpc) is 2.39. The molecule has 2 aliphatic rings. The Morgan fingerprint density at radius 2 is 1.85 bits per heavy atom. The van der Waals surface area contributed by atoms with E-state index in [1.54, 1.807) is 0 Å². The molecule has 5 nitrogen and oxygen atoms in total. The van der Waals surface area contributed by atoms with Crippen molar-refractivity contribution in [2.45, 2.75) is 32.7 Å². The molecule has 1 spiro atoms. The van der Waals surface area contributed by atoms with Gasteiger partial charge in [-0.05, 0) is 39.8 Å². The van der Waals surface area contributed by atoms with Crippen molar-refractivity contribution in [2.75, 3.05) is 13.1 Å². The van der Waals surface area contributed by atoms with E-state index in [9.17, 15) is 15.3 Å².